The van der Waals surface area contributed by atoms with E-state index >= 15 is 0 Å². The second-order valence-electron chi connectivity index (χ2n) is 4.71. The van der Waals surface area contributed by atoms with Crippen LogP contribution in [0.1, 0.15) is 16.8 Å². The van der Waals surface area contributed by atoms with Gasteiger partial charge in [-0.05, 0) is 49.2 Å². The fraction of sp³-hybridized carbons (Fsp3) is 0.188. The van der Waals surface area contributed by atoms with Gasteiger partial charge < -0.3 is 4.74 Å². The second-order valence-corrected chi connectivity index (χ2v) is 5.62. The smallest absolute Gasteiger partial charge is 0.277 e. The van der Waals surface area contributed by atoms with Crippen molar-refractivity contribution in [1.82, 2.24) is 10.4 Å². The molecule has 1 amide bonds. The van der Waals surface area contributed by atoms with Gasteiger partial charge in [0.05, 0.1) is 11.9 Å². The third-order valence-corrected chi connectivity index (χ3v) is 3.30. The van der Waals surface area contributed by atoms with Gasteiger partial charge >= 0.3 is 0 Å². The van der Waals surface area contributed by atoms with Gasteiger partial charge in [0.25, 0.3) is 5.91 Å². The normalized spacial score (nSPS) is 10.7. The van der Waals surface area contributed by atoms with Gasteiger partial charge in [-0.1, -0.05) is 22.0 Å². The molecule has 0 unspecified atom stereocenters. The number of hydrogen-bond acceptors (Lipinski definition) is 4. The molecule has 0 atom stereocenters. The average molecular weight is 362 g/mol. The summed E-state index contributed by atoms with van der Waals surface area (Å²) in [6.45, 7) is 3.78. The number of amides is 1. The fourth-order valence-electron chi connectivity index (χ4n) is 1.92. The Balaban J connectivity index is 1.87. The third-order valence-electron chi connectivity index (χ3n) is 2.85. The Morgan fingerprint density at radius 1 is 1.36 bits per heavy atom. The van der Waals surface area contributed by atoms with Gasteiger partial charge in [0, 0.05) is 10.7 Å². The van der Waals surface area contributed by atoms with Gasteiger partial charge in [0.1, 0.15) is 5.75 Å². The van der Waals surface area contributed by atoms with E-state index in [1.807, 2.05) is 38.1 Å². The summed E-state index contributed by atoms with van der Waals surface area (Å²) in [5.74, 6) is 0.390. The van der Waals surface area contributed by atoms with Crippen LogP contribution in [-0.2, 0) is 4.79 Å². The lowest BCUT2D eigenvalue weighted by molar-refractivity contribution is -0.123. The lowest BCUT2D eigenvalue weighted by Crippen LogP contribution is -2.25. The van der Waals surface area contributed by atoms with Gasteiger partial charge in [0.15, 0.2) is 6.61 Å². The standard InChI is InChI=1S/C16H16BrN3O2/c1-11-7-13(17)8-12(2)16(11)22-10-15(21)20-19-9-14-5-3-4-6-18-14/h3-9H,10H2,1-2H3,(H,20,21). The summed E-state index contributed by atoms with van der Waals surface area (Å²) < 4.78 is 6.55. The van der Waals surface area contributed by atoms with E-state index < -0.39 is 0 Å². The predicted octanol–water partition coefficient (Wildman–Crippen LogP) is 2.99. The van der Waals surface area contributed by atoms with Gasteiger partial charge in [-0.15, -0.1) is 0 Å². The van der Waals surface area contributed by atoms with Crippen molar-refractivity contribution in [1.29, 1.82) is 0 Å². The molecule has 2 rings (SSSR count). The van der Waals surface area contributed by atoms with E-state index in [2.05, 4.69) is 31.4 Å². The molecule has 6 heteroatoms. The number of halogens is 1. The molecule has 22 heavy (non-hydrogen) atoms. The molecule has 0 aliphatic carbocycles. The monoisotopic (exact) mass is 361 g/mol. The highest BCUT2D eigenvalue weighted by Crippen LogP contribution is 2.27. The van der Waals surface area contributed by atoms with Gasteiger partial charge in [-0.3, -0.25) is 9.78 Å². The zero-order valence-corrected chi connectivity index (χ0v) is 13.9. The Hall–Kier alpha value is -2.21. The molecule has 0 radical (unpaired) electrons. The lowest BCUT2D eigenvalue weighted by Gasteiger charge is -2.11. The van der Waals surface area contributed by atoms with Crippen molar-refractivity contribution >= 4 is 28.1 Å². The first-order chi connectivity index (χ1) is 10.6. The number of nitrogens with zero attached hydrogens (tertiary/aromatic N) is 2. The number of aryl methyl sites for hydroxylation is 2. The molecule has 1 aromatic heterocycles. The number of carbonyl (C=O) groups excluding carboxylic acids is 1. The maximum absolute atomic E-state index is 11.7. The molecule has 0 spiro atoms. The molecule has 0 saturated carbocycles. The quantitative estimate of drug-likeness (QED) is 0.657. The Morgan fingerprint density at radius 2 is 2.09 bits per heavy atom. The number of nitrogens with one attached hydrogen (secondary N) is 1. The second kappa shape index (κ2) is 7.70. The van der Waals surface area contributed by atoms with E-state index in [4.69, 9.17) is 4.74 Å². The highest BCUT2D eigenvalue weighted by molar-refractivity contribution is 9.10. The number of aromatic nitrogens is 1. The summed E-state index contributed by atoms with van der Waals surface area (Å²) in [5, 5.41) is 3.84. The summed E-state index contributed by atoms with van der Waals surface area (Å²) in [6, 6.07) is 9.34. The van der Waals surface area contributed by atoms with Crippen LogP contribution in [-0.4, -0.2) is 23.7 Å². The number of hydrazone groups is 1. The number of ether oxygens (including phenoxy) is 1. The molecule has 1 aromatic carbocycles. The van der Waals surface area contributed by atoms with E-state index in [1.54, 1.807) is 12.3 Å². The largest absolute Gasteiger partial charge is 0.483 e. The van der Waals surface area contributed by atoms with Crippen molar-refractivity contribution in [3.63, 3.8) is 0 Å². The minimum absolute atomic E-state index is 0.0944. The van der Waals surface area contributed by atoms with Gasteiger partial charge in [-0.25, -0.2) is 5.43 Å². The summed E-state index contributed by atoms with van der Waals surface area (Å²) >= 11 is 3.42. The van der Waals surface area contributed by atoms with Crippen molar-refractivity contribution in [3.8, 4) is 5.75 Å². The first kappa shape index (κ1) is 16.2. The highest BCUT2D eigenvalue weighted by Gasteiger charge is 2.08. The SMILES string of the molecule is Cc1cc(Br)cc(C)c1OCC(=O)NN=Cc1ccccn1. The molecule has 1 heterocycles. The molecule has 0 aliphatic rings. The first-order valence-corrected chi connectivity index (χ1v) is 7.48. The molecule has 1 N–H and O–H groups in total. The number of carbonyl (C=O) groups is 1. The molecule has 0 aliphatic heterocycles. The maximum Gasteiger partial charge on any atom is 0.277 e. The summed E-state index contributed by atoms with van der Waals surface area (Å²) in [4.78, 5) is 15.8. The van der Waals surface area contributed by atoms with Crippen LogP contribution in [0.4, 0.5) is 0 Å². The average Bonchev–Trinajstić information content (AvgIpc) is 2.47. The molecule has 5 nitrogen and oxygen atoms in total. The van der Waals surface area contributed by atoms with Crippen LogP contribution in [0.5, 0.6) is 5.75 Å². The van der Waals surface area contributed by atoms with Crippen LogP contribution >= 0.6 is 15.9 Å². The predicted molar refractivity (Wildman–Crippen MR) is 89.1 cm³/mol. The minimum atomic E-state index is -0.325. The van der Waals surface area contributed by atoms with Crippen molar-refractivity contribution in [2.24, 2.45) is 5.10 Å². The van der Waals surface area contributed by atoms with Crippen molar-refractivity contribution < 1.29 is 9.53 Å². The van der Waals surface area contributed by atoms with Crippen LogP contribution in [0.2, 0.25) is 0 Å². The number of pyridine rings is 1. The van der Waals surface area contributed by atoms with Crippen molar-refractivity contribution in [3.05, 3.63) is 57.8 Å². The Bertz CT molecular complexity index is 664. The Morgan fingerprint density at radius 3 is 2.73 bits per heavy atom. The zero-order chi connectivity index (χ0) is 15.9. The third kappa shape index (κ3) is 4.66. The first-order valence-electron chi connectivity index (χ1n) is 6.69. The van der Waals surface area contributed by atoms with E-state index in [1.165, 1.54) is 6.21 Å². The number of hydrogen-bond donors (Lipinski definition) is 1. The summed E-state index contributed by atoms with van der Waals surface area (Å²) in [5.41, 5.74) is 5.02. The van der Waals surface area contributed by atoms with Crippen LogP contribution < -0.4 is 10.2 Å². The highest BCUT2D eigenvalue weighted by atomic mass is 79.9. The molecule has 0 saturated heterocycles. The summed E-state index contributed by atoms with van der Waals surface area (Å²) in [7, 11) is 0. The van der Waals surface area contributed by atoms with Gasteiger partial charge in [0.2, 0.25) is 0 Å². The minimum Gasteiger partial charge on any atom is -0.483 e. The van der Waals surface area contributed by atoms with E-state index in [-0.39, 0.29) is 12.5 Å². The van der Waals surface area contributed by atoms with Crippen LogP contribution in [0, 0.1) is 13.8 Å². The lowest BCUT2D eigenvalue weighted by atomic mass is 10.1. The van der Waals surface area contributed by atoms with Crippen molar-refractivity contribution in [2.45, 2.75) is 13.8 Å². The molecular formula is C16H16BrN3O2. The van der Waals surface area contributed by atoms with Gasteiger partial charge in [-0.2, -0.15) is 5.10 Å². The van der Waals surface area contributed by atoms with Crippen LogP contribution in [0.3, 0.4) is 0 Å². The van der Waals surface area contributed by atoms with Crippen molar-refractivity contribution in [2.75, 3.05) is 6.61 Å². The number of rotatable bonds is 5. The fourth-order valence-corrected chi connectivity index (χ4v) is 2.60. The van der Waals surface area contributed by atoms with E-state index in [0.717, 1.165) is 15.6 Å². The molecule has 114 valence electrons. The van der Waals surface area contributed by atoms with Crippen LogP contribution in [0.25, 0.3) is 0 Å². The van der Waals surface area contributed by atoms with E-state index in [9.17, 15) is 4.79 Å². The maximum atomic E-state index is 11.7. The number of benzene rings is 1. The molecule has 0 bridgehead atoms. The molecule has 0 fully saturated rings. The zero-order valence-electron chi connectivity index (χ0n) is 12.3. The topological polar surface area (TPSA) is 63.6 Å². The molecular weight excluding hydrogens is 346 g/mol. The van der Waals surface area contributed by atoms with Crippen LogP contribution in [0.15, 0.2) is 46.1 Å². The molecule has 2 aromatic rings. The Kier molecular flexibility index (Phi) is 5.66. The van der Waals surface area contributed by atoms with E-state index in [0.29, 0.717) is 11.4 Å². The Labute approximate surface area is 137 Å². The summed E-state index contributed by atoms with van der Waals surface area (Å²) in [6.07, 6.45) is 3.14.